The summed E-state index contributed by atoms with van der Waals surface area (Å²) >= 11 is 0. The maximum atomic E-state index is 6.17. The Morgan fingerprint density at radius 1 is 0.468 bits per heavy atom. The van der Waals surface area contributed by atoms with Crippen LogP contribution in [0.5, 0.6) is 0 Å². The van der Waals surface area contributed by atoms with Crippen LogP contribution in [0.4, 0.5) is 0 Å². The van der Waals surface area contributed by atoms with Gasteiger partial charge in [-0.25, -0.2) is 0 Å². The molecule has 1 rings (SSSR count). The Hall–Kier alpha value is -1.20. The zero-order chi connectivity index (χ0) is 33.6. The van der Waals surface area contributed by atoms with Gasteiger partial charge in [0.15, 0.2) is 0 Å². The molecule has 274 valence electrons. The lowest BCUT2D eigenvalue weighted by Gasteiger charge is -2.34. The number of ether oxygens (including phenoxy) is 3. The number of hydrogen-bond donors (Lipinski definition) is 0. The highest BCUT2D eigenvalue weighted by molar-refractivity contribution is 4.93. The number of rotatable bonds is 35. The van der Waals surface area contributed by atoms with Gasteiger partial charge in [0, 0.05) is 26.3 Å². The quantitative estimate of drug-likeness (QED) is 0.0501. The van der Waals surface area contributed by atoms with Gasteiger partial charge in [0.25, 0.3) is 0 Å². The minimum atomic E-state index is 0.355. The molecule has 1 unspecified atom stereocenters. The number of hydrogen-bond acceptors (Lipinski definition) is 4. The minimum absolute atomic E-state index is 0.355. The van der Waals surface area contributed by atoms with Crippen molar-refractivity contribution in [3.8, 4) is 0 Å². The van der Waals surface area contributed by atoms with E-state index in [0.717, 1.165) is 65.6 Å². The smallest absolute Gasteiger partial charge is 0.0644 e. The summed E-state index contributed by atoms with van der Waals surface area (Å²) in [5, 5.41) is 0. The molecule has 0 aromatic carbocycles. The fraction of sp³-hybridized carbons (Fsp3) is 0.814. The topological polar surface area (TPSA) is 30.9 Å². The highest BCUT2D eigenvalue weighted by Gasteiger charge is 2.21. The molecule has 1 atom stereocenters. The molecule has 1 heterocycles. The highest BCUT2D eigenvalue weighted by Crippen LogP contribution is 2.12. The predicted molar refractivity (Wildman–Crippen MR) is 207 cm³/mol. The molecular weight excluding hydrogens is 578 g/mol. The third kappa shape index (κ3) is 31.8. The van der Waals surface area contributed by atoms with Crippen LogP contribution >= 0.6 is 0 Å². The van der Waals surface area contributed by atoms with Crippen molar-refractivity contribution in [2.45, 2.75) is 174 Å². The second-order valence-electron chi connectivity index (χ2n) is 13.6. The van der Waals surface area contributed by atoms with Crippen molar-refractivity contribution < 1.29 is 14.2 Å². The zero-order valence-corrected chi connectivity index (χ0v) is 31.5. The van der Waals surface area contributed by atoms with Crippen LogP contribution in [0.15, 0.2) is 48.6 Å². The summed E-state index contributed by atoms with van der Waals surface area (Å²) in [6.45, 7) is 11.5. The molecule has 1 fully saturated rings. The standard InChI is InChI=1S/C43H79NO3/c1-3-5-7-9-11-13-15-17-19-21-23-25-27-29-31-33-37-46-41-43(44-35-39-45-40-36-44)42-47-38-34-32-30-28-26-24-22-20-18-16-14-12-10-8-6-4-2/h11-14,17-20,43H,3-10,15-16,21-42H2,1-2H3/b13-11-,14-12+,19-17-,20-18+. The van der Waals surface area contributed by atoms with E-state index >= 15 is 0 Å². The lowest BCUT2D eigenvalue weighted by atomic mass is 10.1. The molecule has 4 heteroatoms. The predicted octanol–water partition coefficient (Wildman–Crippen LogP) is 12.3. The molecule has 1 aliphatic heterocycles. The summed E-state index contributed by atoms with van der Waals surface area (Å²) in [6.07, 6.45) is 49.5. The second kappa shape index (κ2) is 37.6. The van der Waals surface area contributed by atoms with E-state index in [1.54, 1.807) is 0 Å². The van der Waals surface area contributed by atoms with Gasteiger partial charge < -0.3 is 14.2 Å². The Labute approximate surface area is 293 Å². The van der Waals surface area contributed by atoms with E-state index in [9.17, 15) is 0 Å². The van der Waals surface area contributed by atoms with Crippen LogP contribution in [0.25, 0.3) is 0 Å². The molecule has 0 aliphatic carbocycles. The van der Waals surface area contributed by atoms with Crippen LogP contribution in [0.2, 0.25) is 0 Å². The van der Waals surface area contributed by atoms with Crippen molar-refractivity contribution in [3.05, 3.63) is 48.6 Å². The van der Waals surface area contributed by atoms with Crippen molar-refractivity contribution in [1.29, 1.82) is 0 Å². The van der Waals surface area contributed by atoms with Crippen molar-refractivity contribution in [2.24, 2.45) is 0 Å². The molecular formula is C43H79NO3. The van der Waals surface area contributed by atoms with Gasteiger partial charge in [-0.3, -0.25) is 4.90 Å². The third-order valence-electron chi connectivity index (χ3n) is 9.16. The molecule has 0 amide bonds. The SMILES string of the molecule is CCCCC/C=C\C/C=C\CCCCCCCCOCC(COCCCCCCCC/C=C/C/C=C/CCCCC)N1CCOCC1. The molecule has 1 saturated heterocycles. The van der Waals surface area contributed by atoms with Crippen LogP contribution in [0, 0.1) is 0 Å². The maximum Gasteiger partial charge on any atom is 0.0644 e. The van der Waals surface area contributed by atoms with E-state index < -0.39 is 0 Å². The van der Waals surface area contributed by atoms with Gasteiger partial charge in [-0.2, -0.15) is 0 Å². The summed E-state index contributed by atoms with van der Waals surface area (Å²) in [5.41, 5.74) is 0. The van der Waals surface area contributed by atoms with Gasteiger partial charge in [-0.05, 0) is 77.0 Å². The first-order chi connectivity index (χ1) is 23.4. The first kappa shape index (κ1) is 43.8. The third-order valence-corrected chi connectivity index (χ3v) is 9.16. The summed E-state index contributed by atoms with van der Waals surface area (Å²) in [4.78, 5) is 2.51. The monoisotopic (exact) mass is 658 g/mol. The number of allylic oxidation sites excluding steroid dienone is 8. The van der Waals surface area contributed by atoms with Crippen molar-refractivity contribution in [1.82, 2.24) is 4.90 Å². The molecule has 0 saturated carbocycles. The molecule has 0 spiro atoms. The summed E-state index contributed by atoms with van der Waals surface area (Å²) < 4.78 is 17.9. The van der Waals surface area contributed by atoms with Gasteiger partial charge in [0.1, 0.15) is 0 Å². The Bertz CT molecular complexity index is 673. The van der Waals surface area contributed by atoms with Gasteiger partial charge in [-0.1, -0.05) is 140 Å². The van der Waals surface area contributed by atoms with Gasteiger partial charge in [-0.15, -0.1) is 0 Å². The van der Waals surface area contributed by atoms with Gasteiger partial charge in [0.2, 0.25) is 0 Å². The molecule has 0 radical (unpaired) electrons. The van der Waals surface area contributed by atoms with Crippen LogP contribution < -0.4 is 0 Å². The minimum Gasteiger partial charge on any atom is -0.380 e. The van der Waals surface area contributed by atoms with Crippen molar-refractivity contribution in [2.75, 3.05) is 52.7 Å². The molecule has 47 heavy (non-hydrogen) atoms. The average molecular weight is 658 g/mol. The normalized spacial score (nSPS) is 15.4. The maximum absolute atomic E-state index is 6.17. The molecule has 0 aromatic heterocycles. The van der Waals surface area contributed by atoms with E-state index in [0.29, 0.717) is 6.04 Å². The van der Waals surface area contributed by atoms with Gasteiger partial charge >= 0.3 is 0 Å². The van der Waals surface area contributed by atoms with Crippen LogP contribution in [0.3, 0.4) is 0 Å². The summed E-state index contributed by atoms with van der Waals surface area (Å²) in [6, 6.07) is 0.355. The summed E-state index contributed by atoms with van der Waals surface area (Å²) in [5.74, 6) is 0. The molecule has 1 aliphatic rings. The zero-order valence-electron chi connectivity index (χ0n) is 31.5. The highest BCUT2D eigenvalue weighted by atomic mass is 16.5. The Morgan fingerprint density at radius 3 is 1.23 bits per heavy atom. The molecule has 0 bridgehead atoms. The number of nitrogens with zero attached hydrogens (tertiary/aromatic N) is 1. The van der Waals surface area contributed by atoms with E-state index in [-0.39, 0.29) is 0 Å². The molecule has 4 nitrogen and oxygen atoms in total. The second-order valence-corrected chi connectivity index (χ2v) is 13.6. The van der Waals surface area contributed by atoms with Crippen molar-refractivity contribution >= 4 is 0 Å². The Morgan fingerprint density at radius 2 is 0.830 bits per heavy atom. The van der Waals surface area contributed by atoms with Gasteiger partial charge in [0.05, 0.1) is 32.5 Å². The number of morpholine rings is 1. The van der Waals surface area contributed by atoms with Crippen LogP contribution in [0.1, 0.15) is 168 Å². The first-order valence-corrected chi connectivity index (χ1v) is 20.5. The lowest BCUT2D eigenvalue weighted by Crippen LogP contribution is -2.48. The van der Waals surface area contributed by atoms with E-state index in [4.69, 9.17) is 14.2 Å². The fourth-order valence-electron chi connectivity index (χ4n) is 6.02. The fourth-order valence-corrected chi connectivity index (χ4v) is 6.02. The Balaban J connectivity index is 1.97. The van der Waals surface area contributed by atoms with Crippen LogP contribution in [-0.2, 0) is 14.2 Å². The van der Waals surface area contributed by atoms with E-state index in [1.165, 1.54) is 141 Å². The van der Waals surface area contributed by atoms with E-state index in [2.05, 4.69) is 67.4 Å². The number of unbranched alkanes of at least 4 members (excludes halogenated alkanes) is 18. The van der Waals surface area contributed by atoms with E-state index in [1.807, 2.05) is 0 Å². The lowest BCUT2D eigenvalue weighted by molar-refractivity contribution is -0.0397. The Kier molecular flexibility index (Phi) is 35.1. The first-order valence-electron chi connectivity index (χ1n) is 20.5. The van der Waals surface area contributed by atoms with Crippen molar-refractivity contribution in [3.63, 3.8) is 0 Å². The summed E-state index contributed by atoms with van der Waals surface area (Å²) in [7, 11) is 0. The molecule has 0 aromatic rings. The average Bonchev–Trinajstić information content (AvgIpc) is 3.10. The van der Waals surface area contributed by atoms with Crippen LogP contribution in [-0.4, -0.2) is 63.7 Å². The molecule has 0 N–H and O–H groups in total. The largest absolute Gasteiger partial charge is 0.380 e.